The van der Waals surface area contributed by atoms with E-state index in [2.05, 4.69) is 10.1 Å². The first-order chi connectivity index (χ1) is 14.4. The number of thioether (sulfide) groups is 1. The van der Waals surface area contributed by atoms with Crippen molar-refractivity contribution in [2.75, 3.05) is 11.2 Å². The van der Waals surface area contributed by atoms with Crippen molar-refractivity contribution in [3.63, 3.8) is 0 Å². The first kappa shape index (κ1) is 19.8. The number of hydrogen-bond acceptors (Lipinski definition) is 6. The average molecular weight is 423 g/mol. The van der Waals surface area contributed by atoms with Gasteiger partial charge in [0.15, 0.2) is 0 Å². The fourth-order valence-electron chi connectivity index (χ4n) is 3.58. The second kappa shape index (κ2) is 7.75. The van der Waals surface area contributed by atoms with Crippen LogP contribution >= 0.6 is 11.8 Å². The maximum atomic E-state index is 12.9. The normalized spacial score (nSPS) is 14.6. The molecule has 0 fully saturated rings. The predicted octanol–water partition coefficient (Wildman–Crippen LogP) is 2.29. The molecule has 0 radical (unpaired) electrons. The number of ether oxygens (including phenoxy) is 1. The van der Waals surface area contributed by atoms with Crippen molar-refractivity contribution < 1.29 is 19.0 Å². The summed E-state index contributed by atoms with van der Waals surface area (Å²) in [6.07, 6.45) is 1.14. The molecule has 8 nitrogen and oxygen atoms in total. The number of aromatic nitrogens is 3. The van der Waals surface area contributed by atoms with E-state index in [-0.39, 0.29) is 11.5 Å². The number of anilines is 1. The number of carbonyl (C=O) groups excluding carboxylic acids is 2. The zero-order chi connectivity index (χ0) is 21.4. The summed E-state index contributed by atoms with van der Waals surface area (Å²) >= 11 is 1.30. The van der Waals surface area contributed by atoms with E-state index in [0.717, 1.165) is 0 Å². The van der Waals surface area contributed by atoms with Gasteiger partial charge in [-0.3, -0.25) is 19.4 Å². The summed E-state index contributed by atoms with van der Waals surface area (Å²) in [5, 5.41) is 5.04. The molecule has 152 valence electrons. The third-order valence-corrected chi connectivity index (χ3v) is 5.30. The number of nitrogens with one attached hydrogen (secondary N) is 1. The highest BCUT2D eigenvalue weighted by Gasteiger charge is 2.44. The molecule has 0 saturated heterocycles. The van der Waals surface area contributed by atoms with Gasteiger partial charge < -0.3 is 4.74 Å². The van der Waals surface area contributed by atoms with Crippen LogP contribution in [0.25, 0.3) is 11.3 Å². The molecule has 1 aromatic heterocycles. The first-order valence-electron chi connectivity index (χ1n) is 9.18. The monoisotopic (exact) mass is 423 g/mol. The number of carbonyl (C=O) groups is 2. The Morgan fingerprint density at radius 2 is 1.83 bits per heavy atom. The van der Waals surface area contributed by atoms with Crippen LogP contribution in [0.4, 0.5) is 5.69 Å². The quantitative estimate of drug-likeness (QED) is 0.301. The van der Waals surface area contributed by atoms with E-state index in [0.29, 0.717) is 33.4 Å². The summed E-state index contributed by atoms with van der Waals surface area (Å²) in [6.45, 7) is 2.81. The third kappa shape index (κ3) is 3.37. The molecular weight excluding hydrogens is 404 g/mol. The van der Waals surface area contributed by atoms with Crippen LogP contribution in [0, 0.1) is 0 Å². The lowest BCUT2D eigenvalue weighted by Gasteiger charge is -2.31. The predicted molar refractivity (Wildman–Crippen MR) is 111 cm³/mol. The van der Waals surface area contributed by atoms with E-state index in [1.807, 2.05) is 24.5 Å². The summed E-state index contributed by atoms with van der Waals surface area (Å²) in [4.78, 5) is 41.3. The lowest BCUT2D eigenvalue weighted by molar-refractivity contribution is -0.763. The Kier molecular flexibility index (Phi) is 5.13. The smallest absolute Gasteiger partial charge is 0.325 e. The molecule has 1 N–H and O–H groups in total. The highest BCUT2D eigenvalue weighted by molar-refractivity contribution is 7.98. The van der Waals surface area contributed by atoms with Crippen molar-refractivity contribution in [2.24, 2.45) is 0 Å². The van der Waals surface area contributed by atoms with Gasteiger partial charge in [0.05, 0.1) is 11.3 Å². The highest BCUT2D eigenvalue weighted by atomic mass is 32.2. The highest BCUT2D eigenvalue weighted by Crippen LogP contribution is 2.37. The van der Waals surface area contributed by atoms with Crippen LogP contribution in [0.5, 0.6) is 5.75 Å². The van der Waals surface area contributed by atoms with Gasteiger partial charge in [0, 0.05) is 24.5 Å². The lowest BCUT2D eigenvalue weighted by Crippen LogP contribution is -2.60. The number of nitrogens with zero attached hydrogens (tertiary/aromatic N) is 3. The van der Waals surface area contributed by atoms with Gasteiger partial charge in [-0.25, -0.2) is 4.90 Å². The van der Waals surface area contributed by atoms with E-state index in [4.69, 9.17) is 4.74 Å². The zero-order valence-electron chi connectivity index (χ0n) is 16.6. The topological polar surface area (TPSA) is 96.2 Å². The molecule has 0 spiro atoms. The molecule has 0 aliphatic carbocycles. The number of para-hydroxylation sites is 1. The van der Waals surface area contributed by atoms with Crippen LogP contribution in [0.1, 0.15) is 25.6 Å². The van der Waals surface area contributed by atoms with Crippen LogP contribution < -0.4 is 19.9 Å². The molecule has 4 rings (SSSR count). The number of benzene rings is 2. The minimum absolute atomic E-state index is 0.192. The molecule has 1 aliphatic rings. The van der Waals surface area contributed by atoms with Crippen LogP contribution in [-0.4, -0.2) is 28.2 Å². The number of hydrogen-bond donors (Lipinski definition) is 1. The van der Waals surface area contributed by atoms with Gasteiger partial charge in [-0.2, -0.15) is 0 Å². The average Bonchev–Trinajstić information content (AvgIpc) is 2.72. The van der Waals surface area contributed by atoms with Gasteiger partial charge in [0.25, 0.3) is 6.17 Å². The standard InChI is InChI=1S/C21H18N4O4S/c1-12(26)24-17-7-5-4-6-16(17)18-19(28)22-21(30-3)23-25(18)20(24)14-8-10-15(11-9-14)29-13(2)27/h4-11,20H,1-3H3/p+1/t20-/m0/s1. The fourth-order valence-corrected chi connectivity index (χ4v) is 3.94. The van der Waals surface area contributed by atoms with E-state index in [1.165, 1.54) is 25.6 Å². The molecule has 0 saturated carbocycles. The molecule has 1 atom stereocenters. The molecule has 0 bridgehead atoms. The minimum Gasteiger partial charge on any atom is -0.427 e. The maximum absolute atomic E-state index is 12.9. The fraction of sp³-hybridized carbons (Fsp3) is 0.190. The van der Waals surface area contributed by atoms with Gasteiger partial charge in [0.1, 0.15) is 5.75 Å². The van der Waals surface area contributed by atoms with Gasteiger partial charge in [0.2, 0.25) is 11.1 Å². The van der Waals surface area contributed by atoms with Gasteiger partial charge in [-0.05, 0) is 47.3 Å². The Bertz CT molecular complexity index is 1210. The number of amides is 1. The molecular formula is C21H19N4O4S+. The molecule has 1 aliphatic heterocycles. The second-order valence-corrected chi connectivity index (χ2v) is 7.49. The number of fused-ring (bicyclic) bond motifs is 3. The molecule has 9 heteroatoms. The minimum atomic E-state index is -0.674. The summed E-state index contributed by atoms with van der Waals surface area (Å²) in [6, 6.07) is 14.1. The van der Waals surface area contributed by atoms with Crippen molar-refractivity contribution in [1.82, 2.24) is 10.1 Å². The molecule has 0 unspecified atom stereocenters. The Balaban J connectivity index is 1.97. The second-order valence-electron chi connectivity index (χ2n) is 6.70. The van der Waals surface area contributed by atoms with E-state index < -0.39 is 12.1 Å². The van der Waals surface area contributed by atoms with Crippen molar-refractivity contribution in [2.45, 2.75) is 25.2 Å². The largest absolute Gasteiger partial charge is 0.427 e. The Morgan fingerprint density at radius 1 is 1.13 bits per heavy atom. The molecule has 3 aromatic rings. The molecule has 30 heavy (non-hydrogen) atoms. The van der Waals surface area contributed by atoms with Crippen molar-refractivity contribution in [1.29, 1.82) is 0 Å². The van der Waals surface area contributed by atoms with E-state index >= 15 is 0 Å². The van der Waals surface area contributed by atoms with Crippen molar-refractivity contribution in [3.8, 4) is 17.0 Å². The van der Waals surface area contributed by atoms with E-state index in [9.17, 15) is 14.4 Å². The molecule has 2 aromatic carbocycles. The first-order valence-corrected chi connectivity index (χ1v) is 10.4. The molecule has 1 amide bonds. The summed E-state index contributed by atoms with van der Waals surface area (Å²) in [7, 11) is 0. The Hall–Kier alpha value is -3.46. The van der Waals surface area contributed by atoms with E-state index in [1.54, 1.807) is 39.9 Å². The SMILES string of the molecule is CSc1n[n+]2c(c(=O)[nH]1)-c1ccccc1N(C(C)=O)[C@@H]2c1ccc(OC(C)=O)cc1. The lowest BCUT2D eigenvalue weighted by atomic mass is 10.0. The van der Waals surface area contributed by atoms with Crippen LogP contribution in [0.2, 0.25) is 0 Å². The van der Waals surface area contributed by atoms with Gasteiger partial charge >= 0.3 is 17.2 Å². The summed E-state index contributed by atoms with van der Waals surface area (Å²) < 4.78 is 6.69. The third-order valence-electron chi connectivity index (χ3n) is 4.73. The zero-order valence-corrected chi connectivity index (χ0v) is 17.4. The van der Waals surface area contributed by atoms with Crippen molar-refractivity contribution in [3.05, 3.63) is 64.4 Å². The Morgan fingerprint density at radius 3 is 2.47 bits per heavy atom. The van der Waals surface area contributed by atoms with Crippen LogP contribution in [0.15, 0.2) is 58.5 Å². The number of esters is 1. The summed E-state index contributed by atoms with van der Waals surface area (Å²) in [5.74, 6) is -0.217. The number of aromatic amines is 1. The number of rotatable bonds is 3. The Labute approximate surface area is 176 Å². The molecule has 2 heterocycles. The maximum Gasteiger partial charge on any atom is 0.325 e. The van der Waals surface area contributed by atoms with Crippen molar-refractivity contribution >= 4 is 29.3 Å². The van der Waals surface area contributed by atoms with Crippen LogP contribution in [0.3, 0.4) is 0 Å². The van der Waals surface area contributed by atoms with Crippen LogP contribution in [-0.2, 0) is 9.59 Å². The van der Waals surface area contributed by atoms with Gasteiger partial charge in [-0.15, -0.1) is 0 Å². The van der Waals surface area contributed by atoms with Gasteiger partial charge in [-0.1, -0.05) is 23.9 Å². The number of H-pyrrole nitrogens is 1. The summed E-state index contributed by atoms with van der Waals surface area (Å²) in [5.41, 5.74) is 2.05.